The largest absolute Gasteiger partial charge is 0.495 e. The Kier molecular flexibility index (Phi) is 5.29. The molecule has 1 atom stereocenters. The molecule has 1 amide bonds. The quantitative estimate of drug-likeness (QED) is 0.872. The van der Waals surface area contributed by atoms with Gasteiger partial charge in [-0.3, -0.25) is 4.79 Å². The maximum atomic E-state index is 12.9. The lowest BCUT2D eigenvalue weighted by Crippen LogP contribution is -2.51. The van der Waals surface area contributed by atoms with Gasteiger partial charge >= 0.3 is 0 Å². The predicted octanol–water partition coefficient (Wildman–Crippen LogP) is 2.41. The van der Waals surface area contributed by atoms with Gasteiger partial charge in [0.15, 0.2) is 0 Å². The van der Waals surface area contributed by atoms with E-state index in [1.807, 2.05) is 24.3 Å². The van der Waals surface area contributed by atoms with E-state index in [2.05, 4.69) is 5.32 Å². The van der Waals surface area contributed by atoms with Gasteiger partial charge in [-0.15, -0.1) is 0 Å². The zero-order valence-electron chi connectivity index (χ0n) is 14.8. The standard InChI is InChI=1S/C19H22N2O4S/c1-3-26(23,24)21-13-15-9-5-4-8-14(15)12-17(21)19(22)20-16-10-6-7-11-18(16)25-2/h4-11,17H,3,12-13H2,1-2H3,(H,20,22)/t17-/m1/s1. The minimum absolute atomic E-state index is 0.0480. The highest BCUT2D eigenvalue weighted by Gasteiger charge is 2.38. The molecule has 138 valence electrons. The summed E-state index contributed by atoms with van der Waals surface area (Å²) in [5, 5.41) is 2.82. The smallest absolute Gasteiger partial charge is 0.243 e. The average Bonchev–Trinajstić information content (AvgIpc) is 2.67. The average molecular weight is 374 g/mol. The maximum Gasteiger partial charge on any atom is 0.243 e. The number of rotatable bonds is 5. The van der Waals surface area contributed by atoms with Crippen molar-refractivity contribution in [1.29, 1.82) is 0 Å². The summed E-state index contributed by atoms with van der Waals surface area (Å²) in [6, 6.07) is 13.9. The van der Waals surface area contributed by atoms with Crippen LogP contribution in [0.1, 0.15) is 18.1 Å². The molecule has 1 N–H and O–H groups in total. The first-order valence-electron chi connectivity index (χ1n) is 8.46. The first-order chi connectivity index (χ1) is 12.5. The number of nitrogens with zero attached hydrogens (tertiary/aromatic N) is 1. The zero-order chi connectivity index (χ0) is 18.7. The van der Waals surface area contributed by atoms with E-state index in [4.69, 9.17) is 4.74 Å². The summed E-state index contributed by atoms with van der Waals surface area (Å²) in [6.07, 6.45) is 0.344. The van der Waals surface area contributed by atoms with Gasteiger partial charge in [-0.05, 0) is 36.6 Å². The summed E-state index contributed by atoms with van der Waals surface area (Å²) in [5.41, 5.74) is 2.45. The molecule has 0 unspecified atom stereocenters. The summed E-state index contributed by atoms with van der Waals surface area (Å²) < 4.78 is 31.7. The fourth-order valence-electron chi connectivity index (χ4n) is 3.14. The number of amides is 1. The zero-order valence-corrected chi connectivity index (χ0v) is 15.6. The van der Waals surface area contributed by atoms with E-state index in [0.717, 1.165) is 11.1 Å². The number of benzene rings is 2. The van der Waals surface area contributed by atoms with Crippen molar-refractivity contribution in [3.05, 3.63) is 59.7 Å². The summed E-state index contributed by atoms with van der Waals surface area (Å²) in [6.45, 7) is 1.79. The number of carbonyl (C=O) groups is 1. The van der Waals surface area contributed by atoms with E-state index in [9.17, 15) is 13.2 Å². The molecule has 1 heterocycles. The Morgan fingerprint density at radius 3 is 2.50 bits per heavy atom. The minimum Gasteiger partial charge on any atom is -0.495 e. The Morgan fingerprint density at radius 1 is 1.15 bits per heavy atom. The van der Waals surface area contributed by atoms with Gasteiger partial charge < -0.3 is 10.1 Å². The van der Waals surface area contributed by atoms with Crippen LogP contribution in [0.2, 0.25) is 0 Å². The summed E-state index contributed by atoms with van der Waals surface area (Å²) in [7, 11) is -2.00. The second-order valence-electron chi connectivity index (χ2n) is 6.12. The summed E-state index contributed by atoms with van der Waals surface area (Å²) in [4.78, 5) is 12.9. The lowest BCUT2D eigenvalue weighted by atomic mass is 9.95. The Balaban J connectivity index is 1.93. The number of hydrogen-bond donors (Lipinski definition) is 1. The highest BCUT2D eigenvalue weighted by Crippen LogP contribution is 2.28. The molecule has 1 aliphatic heterocycles. The number of carbonyl (C=O) groups excluding carboxylic acids is 1. The van der Waals surface area contributed by atoms with E-state index in [-0.39, 0.29) is 18.2 Å². The number of anilines is 1. The molecule has 0 aliphatic carbocycles. The van der Waals surface area contributed by atoms with Crippen LogP contribution >= 0.6 is 0 Å². The van der Waals surface area contributed by atoms with Crippen molar-refractivity contribution in [3.63, 3.8) is 0 Å². The van der Waals surface area contributed by atoms with Gasteiger partial charge in [-0.25, -0.2) is 8.42 Å². The number of para-hydroxylation sites is 2. The molecule has 0 saturated heterocycles. The fourth-order valence-corrected chi connectivity index (χ4v) is 4.37. The molecule has 2 aromatic carbocycles. The van der Waals surface area contributed by atoms with Gasteiger partial charge in [0.05, 0.1) is 18.6 Å². The Morgan fingerprint density at radius 2 is 1.81 bits per heavy atom. The molecule has 6 nitrogen and oxygen atoms in total. The molecule has 0 fully saturated rings. The number of fused-ring (bicyclic) bond motifs is 1. The van der Waals surface area contributed by atoms with Gasteiger partial charge in [-0.1, -0.05) is 36.4 Å². The Labute approximate surface area is 153 Å². The van der Waals surface area contributed by atoms with Crippen molar-refractivity contribution in [1.82, 2.24) is 4.31 Å². The van der Waals surface area contributed by atoms with E-state index in [1.165, 1.54) is 11.4 Å². The molecule has 0 radical (unpaired) electrons. The van der Waals surface area contributed by atoms with Crippen molar-refractivity contribution in [2.45, 2.75) is 25.9 Å². The second kappa shape index (κ2) is 7.47. The monoisotopic (exact) mass is 374 g/mol. The van der Waals surface area contributed by atoms with Crippen molar-refractivity contribution in [3.8, 4) is 5.75 Å². The van der Waals surface area contributed by atoms with Crippen molar-refractivity contribution >= 4 is 21.6 Å². The van der Waals surface area contributed by atoms with Gasteiger partial charge in [0, 0.05) is 6.54 Å². The SMILES string of the molecule is CCS(=O)(=O)N1Cc2ccccc2C[C@@H]1C(=O)Nc1ccccc1OC. The van der Waals surface area contributed by atoms with Crippen molar-refractivity contribution in [2.24, 2.45) is 0 Å². The maximum absolute atomic E-state index is 12.9. The highest BCUT2D eigenvalue weighted by atomic mass is 32.2. The van der Waals surface area contributed by atoms with Crippen LogP contribution in [0.3, 0.4) is 0 Å². The van der Waals surface area contributed by atoms with Crippen LogP contribution in [0.25, 0.3) is 0 Å². The predicted molar refractivity (Wildman–Crippen MR) is 101 cm³/mol. The van der Waals surface area contributed by atoms with Crippen LogP contribution in [0.4, 0.5) is 5.69 Å². The lowest BCUT2D eigenvalue weighted by Gasteiger charge is -2.34. The normalized spacial score (nSPS) is 17.4. The van der Waals surface area contributed by atoms with Crippen molar-refractivity contribution < 1.29 is 17.9 Å². The minimum atomic E-state index is -3.52. The first kappa shape index (κ1) is 18.4. The number of hydrogen-bond acceptors (Lipinski definition) is 4. The Bertz CT molecular complexity index is 911. The molecule has 0 saturated carbocycles. The van der Waals surface area contributed by atoms with Crippen molar-refractivity contribution in [2.75, 3.05) is 18.2 Å². The molecular formula is C19H22N2O4S. The third-order valence-electron chi connectivity index (χ3n) is 4.60. The first-order valence-corrected chi connectivity index (χ1v) is 10.1. The van der Waals surface area contributed by atoms with Crippen LogP contribution in [0.15, 0.2) is 48.5 Å². The molecule has 1 aliphatic rings. The fraction of sp³-hybridized carbons (Fsp3) is 0.316. The third kappa shape index (κ3) is 3.59. The Hall–Kier alpha value is -2.38. The van der Waals surface area contributed by atoms with Crippen LogP contribution in [-0.4, -0.2) is 37.5 Å². The van der Waals surface area contributed by atoms with Crippen LogP contribution < -0.4 is 10.1 Å². The molecule has 0 bridgehead atoms. The number of sulfonamides is 1. The molecule has 0 spiro atoms. The number of methoxy groups -OCH3 is 1. The summed E-state index contributed by atoms with van der Waals surface area (Å²) in [5.74, 6) is 0.121. The molecule has 7 heteroatoms. The molecule has 3 rings (SSSR count). The van der Waals surface area contributed by atoms with Crippen LogP contribution in [0.5, 0.6) is 5.75 Å². The van der Waals surface area contributed by atoms with E-state index in [1.54, 1.807) is 31.2 Å². The highest BCUT2D eigenvalue weighted by molar-refractivity contribution is 7.89. The van der Waals surface area contributed by atoms with Crippen LogP contribution in [-0.2, 0) is 27.8 Å². The molecular weight excluding hydrogens is 352 g/mol. The topological polar surface area (TPSA) is 75.7 Å². The molecule has 2 aromatic rings. The van der Waals surface area contributed by atoms with Gasteiger partial charge in [0.2, 0.25) is 15.9 Å². The third-order valence-corrected chi connectivity index (χ3v) is 6.42. The second-order valence-corrected chi connectivity index (χ2v) is 8.33. The van der Waals surface area contributed by atoms with Gasteiger partial charge in [0.25, 0.3) is 0 Å². The number of nitrogens with one attached hydrogen (secondary N) is 1. The molecule has 26 heavy (non-hydrogen) atoms. The van der Waals surface area contributed by atoms with E-state index >= 15 is 0 Å². The van der Waals surface area contributed by atoms with E-state index in [0.29, 0.717) is 17.9 Å². The van der Waals surface area contributed by atoms with Gasteiger partial charge in [-0.2, -0.15) is 4.31 Å². The van der Waals surface area contributed by atoms with Gasteiger partial charge in [0.1, 0.15) is 11.8 Å². The number of ether oxygens (including phenoxy) is 1. The lowest BCUT2D eigenvalue weighted by molar-refractivity contribution is -0.120. The molecule has 0 aromatic heterocycles. The van der Waals surface area contributed by atoms with Crippen LogP contribution in [0, 0.1) is 0 Å². The summed E-state index contributed by atoms with van der Waals surface area (Å²) >= 11 is 0. The van der Waals surface area contributed by atoms with E-state index < -0.39 is 16.1 Å².